The zero-order chi connectivity index (χ0) is 12.3. The molecule has 0 aliphatic rings. The normalized spacial score (nSPS) is 12.9. The molecule has 5 nitrogen and oxygen atoms in total. The molecule has 2 aromatic rings. The summed E-state index contributed by atoms with van der Waals surface area (Å²) in [6.07, 6.45) is 3.65. The Bertz CT molecular complexity index is 496. The minimum absolute atomic E-state index is 0.622. The molecule has 6 heteroatoms. The Balaban J connectivity index is 2.14. The van der Waals surface area contributed by atoms with Crippen molar-refractivity contribution >= 4 is 23.4 Å². The fourth-order valence-corrected chi connectivity index (χ4v) is 2.37. The first kappa shape index (κ1) is 12.2. The van der Waals surface area contributed by atoms with Crippen LogP contribution in [0.4, 0.5) is 5.82 Å². The average Bonchev–Trinajstić information content (AvgIpc) is 2.74. The molecule has 1 N–H and O–H groups in total. The van der Waals surface area contributed by atoms with Crippen molar-refractivity contribution in [3.05, 3.63) is 18.1 Å². The summed E-state index contributed by atoms with van der Waals surface area (Å²) in [7, 11) is 0. The predicted octanol–water partition coefficient (Wildman–Crippen LogP) is 1.84. The maximum Gasteiger partial charge on any atom is 0.254 e. The molecule has 0 saturated carbocycles. The number of rotatable bonds is 5. The Kier molecular flexibility index (Phi) is 3.83. The van der Waals surface area contributed by atoms with E-state index in [0.717, 1.165) is 23.8 Å². The maximum absolute atomic E-state index is 4.30. The second-order valence-electron chi connectivity index (χ2n) is 4.20. The fourth-order valence-electron chi connectivity index (χ4n) is 1.68. The van der Waals surface area contributed by atoms with Gasteiger partial charge in [0, 0.05) is 18.3 Å². The van der Waals surface area contributed by atoms with Crippen LogP contribution in [0.1, 0.15) is 12.6 Å². The van der Waals surface area contributed by atoms with Crippen LogP contribution < -0.4 is 5.32 Å². The fraction of sp³-hybridized carbons (Fsp3) is 0.545. The molecule has 0 aromatic carbocycles. The van der Waals surface area contributed by atoms with Gasteiger partial charge in [0.15, 0.2) is 0 Å². The van der Waals surface area contributed by atoms with Gasteiger partial charge in [-0.05, 0) is 24.9 Å². The number of hydrogen-bond donors (Lipinski definition) is 1. The van der Waals surface area contributed by atoms with Crippen LogP contribution in [0.3, 0.4) is 0 Å². The Labute approximate surface area is 105 Å². The Morgan fingerprint density at radius 2 is 2.35 bits per heavy atom. The Morgan fingerprint density at radius 1 is 1.53 bits per heavy atom. The van der Waals surface area contributed by atoms with Crippen molar-refractivity contribution in [3.8, 4) is 0 Å². The van der Waals surface area contributed by atoms with Gasteiger partial charge in [0.05, 0.1) is 0 Å². The van der Waals surface area contributed by atoms with E-state index in [1.54, 1.807) is 4.52 Å². The van der Waals surface area contributed by atoms with Gasteiger partial charge in [-0.25, -0.2) is 4.98 Å². The molecule has 1 atom stereocenters. The van der Waals surface area contributed by atoms with Crippen LogP contribution in [-0.2, 0) is 0 Å². The highest BCUT2D eigenvalue weighted by Crippen LogP contribution is 2.12. The van der Waals surface area contributed by atoms with E-state index >= 15 is 0 Å². The minimum Gasteiger partial charge on any atom is -0.370 e. The van der Waals surface area contributed by atoms with Crippen molar-refractivity contribution in [3.63, 3.8) is 0 Å². The lowest BCUT2D eigenvalue weighted by Crippen LogP contribution is -2.16. The molecule has 17 heavy (non-hydrogen) atoms. The lowest BCUT2D eigenvalue weighted by Gasteiger charge is -2.13. The number of nitrogens with zero attached hydrogens (tertiary/aromatic N) is 4. The van der Waals surface area contributed by atoms with Crippen molar-refractivity contribution in [2.75, 3.05) is 23.9 Å². The van der Waals surface area contributed by atoms with Crippen molar-refractivity contribution in [1.82, 2.24) is 19.6 Å². The zero-order valence-corrected chi connectivity index (χ0v) is 11.2. The Morgan fingerprint density at radius 3 is 3.12 bits per heavy atom. The molecule has 0 aliphatic carbocycles. The molecule has 1 unspecified atom stereocenters. The van der Waals surface area contributed by atoms with E-state index in [2.05, 4.69) is 33.6 Å². The summed E-state index contributed by atoms with van der Waals surface area (Å²) in [4.78, 5) is 8.41. The van der Waals surface area contributed by atoms with E-state index in [1.165, 1.54) is 6.33 Å². The first-order valence-corrected chi connectivity index (χ1v) is 7.00. The summed E-state index contributed by atoms with van der Waals surface area (Å²) in [5, 5.41) is 7.57. The van der Waals surface area contributed by atoms with E-state index in [9.17, 15) is 0 Å². The third kappa shape index (κ3) is 2.88. The van der Waals surface area contributed by atoms with Gasteiger partial charge in [0.1, 0.15) is 12.1 Å². The number of aryl methyl sites for hydroxylation is 1. The van der Waals surface area contributed by atoms with Crippen molar-refractivity contribution in [1.29, 1.82) is 0 Å². The van der Waals surface area contributed by atoms with Crippen molar-refractivity contribution < 1.29 is 0 Å². The van der Waals surface area contributed by atoms with Gasteiger partial charge in [-0.15, -0.1) is 0 Å². The molecular formula is C11H17N5S. The number of nitrogens with one attached hydrogen (secondary N) is 1. The third-order valence-electron chi connectivity index (χ3n) is 2.46. The standard InChI is InChI=1S/C11H17N5S/c1-8(6-17-3)5-12-10-4-9(2)15-11-13-7-14-16(10)11/h4,7-8,12H,5-6H2,1-3H3. The van der Waals surface area contributed by atoms with Gasteiger partial charge in [0.2, 0.25) is 0 Å². The van der Waals surface area contributed by atoms with Gasteiger partial charge >= 0.3 is 0 Å². The number of hydrogen-bond acceptors (Lipinski definition) is 5. The van der Waals surface area contributed by atoms with Crippen LogP contribution >= 0.6 is 11.8 Å². The molecule has 92 valence electrons. The first-order valence-electron chi connectivity index (χ1n) is 5.61. The molecule has 0 radical (unpaired) electrons. The molecule has 0 amide bonds. The molecule has 2 heterocycles. The predicted molar refractivity (Wildman–Crippen MR) is 71.6 cm³/mol. The summed E-state index contributed by atoms with van der Waals surface area (Å²) < 4.78 is 1.73. The molecule has 0 fully saturated rings. The van der Waals surface area contributed by atoms with E-state index < -0.39 is 0 Å². The zero-order valence-electron chi connectivity index (χ0n) is 10.3. The highest BCUT2D eigenvalue weighted by molar-refractivity contribution is 7.98. The lowest BCUT2D eigenvalue weighted by atomic mass is 10.2. The van der Waals surface area contributed by atoms with E-state index in [1.807, 2.05) is 24.8 Å². The molecule has 2 rings (SSSR count). The van der Waals surface area contributed by atoms with Crippen LogP contribution in [0.15, 0.2) is 12.4 Å². The summed E-state index contributed by atoms with van der Waals surface area (Å²) in [6, 6.07) is 1.99. The summed E-state index contributed by atoms with van der Waals surface area (Å²) in [6.45, 7) is 5.13. The topological polar surface area (TPSA) is 55.1 Å². The quantitative estimate of drug-likeness (QED) is 0.879. The van der Waals surface area contributed by atoms with Crippen LogP contribution in [0.5, 0.6) is 0 Å². The average molecular weight is 251 g/mol. The number of anilines is 1. The highest BCUT2D eigenvalue weighted by atomic mass is 32.2. The molecular weight excluding hydrogens is 234 g/mol. The van der Waals surface area contributed by atoms with E-state index in [4.69, 9.17) is 0 Å². The lowest BCUT2D eigenvalue weighted by molar-refractivity contribution is 0.696. The van der Waals surface area contributed by atoms with Crippen LogP contribution in [-0.4, -0.2) is 38.1 Å². The SMILES string of the molecule is CSCC(C)CNc1cc(C)nc2ncnn12. The summed E-state index contributed by atoms with van der Waals surface area (Å²) in [5.41, 5.74) is 0.950. The van der Waals surface area contributed by atoms with Crippen molar-refractivity contribution in [2.45, 2.75) is 13.8 Å². The van der Waals surface area contributed by atoms with Crippen molar-refractivity contribution in [2.24, 2.45) is 5.92 Å². The number of fused-ring (bicyclic) bond motifs is 1. The van der Waals surface area contributed by atoms with Crippen LogP contribution in [0.25, 0.3) is 5.78 Å². The van der Waals surface area contributed by atoms with Crippen LogP contribution in [0.2, 0.25) is 0 Å². The number of thioether (sulfide) groups is 1. The molecule has 0 spiro atoms. The molecule has 2 aromatic heterocycles. The van der Waals surface area contributed by atoms with Gasteiger partial charge in [-0.1, -0.05) is 6.92 Å². The van der Waals surface area contributed by atoms with E-state index in [-0.39, 0.29) is 0 Å². The van der Waals surface area contributed by atoms with Gasteiger partial charge in [-0.3, -0.25) is 0 Å². The smallest absolute Gasteiger partial charge is 0.254 e. The van der Waals surface area contributed by atoms with Gasteiger partial charge < -0.3 is 5.32 Å². The molecule has 0 bridgehead atoms. The largest absolute Gasteiger partial charge is 0.370 e. The van der Waals surface area contributed by atoms with Gasteiger partial charge in [0.25, 0.3) is 5.78 Å². The number of aromatic nitrogens is 4. The summed E-state index contributed by atoms with van der Waals surface area (Å²) >= 11 is 1.87. The summed E-state index contributed by atoms with van der Waals surface area (Å²) in [5.74, 6) is 3.37. The molecule has 0 aliphatic heterocycles. The minimum atomic E-state index is 0.622. The monoisotopic (exact) mass is 251 g/mol. The third-order valence-corrected chi connectivity index (χ3v) is 3.37. The second kappa shape index (κ2) is 5.35. The van der Waals surface area contributed by atoms with E-state index in [0.29, 0.717) is 11.7 Å². The van der Waals surface area contributed by atoms with Gasteiger partial charge in [-0.2, -0.15) is 26.4 Å². The Hall–Kier alpha value is -1.30. The maximum atomic E-state index is 4.30. The molecule has 0 saturated heterocycles. The highest BCUT2D eigenvalue weighted by Gasteiger charge is 2.06. The first-order chi connectivity index (χ1) is 8.20. The second-order valence-corrected chi connectivity index (χ2v) is 5.11. The van der Waals surface area contributed by atoms with Crippen LogP contribution in [0, 0.1) is 12.8 Å².